The normalized spacial score (nSPS) is 10.8. The summed E-state index contributed by atoms with van der Waals surface area (Å²) in [6.07, 6.45) is 0. The molecule has 0 radical (unpaired) electrons. The molecular weight excluding hydrogens is 234 g/mol. The van der Waals surface area contributed by atoms with Crippen molar-refractivity contribution in [1.29, 1.82) is 0 Å². The van der Waals surface area contributed by atoms with Gasteiger partial charge < -0.3 is 4.98 Å². The van der Waals surface area contributed by atoms with Gasteiger partial charge in [0.25, 0.3) is 0 Å². The molecule has 0 unspecified atom stereocenters. The second-order valence-corrected chi connectivity index (χ2v) is 4.87. The van der Waals surface area contributed by atoms with E-state index in [0.29, 0.717) is 0 Å². The molecule has 0 bridgehead atoms. The summed E-state index contributed by atoms with van der Waals surface area (Å²) >= 11 is 0. The van der Waals surface area contributed by atoms with Crippen LogP contribution in [-0.2, 0) is 0 Å². The van der Waals surface area contributed by atoms with Crippen molar-refractivity contribution in [2.24, 2.45) is 0 Å². The highest BCUT2D eigenvalue weighted by Crippen LogP contribution is 2.22. The van der Waals surface area contributed by atoms with E-state index in [9.17, 15) is 4.79 Å². The zero-order valence-electron chi connectivity index (χ0n) is 11.0. The molecule has 2 heteroatoms. The van der Waals surface area contributed by atoms with Crippen molar-refractivity contribution in [2.45, 2.75) is 13.8 Å². The maximum absolute atomic E-state index is 12.5. The number of H-pyrrole nitrogens is 1. The van der Waals surface area contributed by atoms with Gasteiger partial charge in [-0.25, -0.2) is 0 Å². The molecule has 94 valence electrons. The highest BCUT2D eigenvalue weighted by atomic mass is 16.1. The molecule has 3 aromatic rings. The lowest BCUT2D eigenvalue weighted by Gasteiger charge is -2.09. The predicted octanol–water partition coefficient (Wildman–Crippen LogP) is 3.81. The molecule has 3 rings (SSSR count). The molecule has 0 saturated heterocycles. The van der Waals surface area contributed by atoms with Crippen molar-refractivity contribution >= 4 is 10.9 Å². The van der Waals surface area contributed by atoms with Crippen molar-refractivity contribution in [2.75, 3.05) is 0 Å². The highest BCUT2D eigenvalue weighted by molar-refractivity contribution is 5.83. The van der Waals surface area contributed by atoms with Crippen LogP contribution in [0.3, 0.4) is 0 Å². The Morgan fingerprint density at radius 3 is 2.42 bits per heavy atom. The molecule has 2 aromatic carbocycles. The van der Waals surface area contributed by atoms with Crippen LogP contribution >= 0.6 is 0 Å². The lowest BCUT2D eigenvalue weighted by molar-refractivity contribution is 1.29. The second kappa shape index (κ2) is 4.39. The van der Waals surface area contributed by atoms with E-state index in [4.69, 9.17) is 0 Å². The third kappa shape index (κ3) is 1.95. The second-order valence-electron chi connectivity index (χ2n) is 4.87. The predicted molar refractivity (Wildman–Crippen MR) is 79.5 cm³/mol. The molecule has 0 aliphatic heterocycles. The Morgan fingerprint density at radius 1 is 0.947 bits per heavy atom. The van der Waals surface area contributed by atoms with Gasteiger partial charge in [-0.15, -0.1) is 0 Å². The van der Waals surface area contributed by atoms with Crippen LogP contribution in [0.5, 0.6) is 0 Å². The lowest BCUT2D eigenvalue weighted by Crippen LogP contribution is -2.09. The number of aromatic nitrogens is 1. The molecule has 0 fully saturated rings. The molecule has 1 heterocycles. The molecule has 2 nitrogen and oxygen atoms in total. The summed E-state index contributed by atoms with van der Waals surface area (Å²) in [5.41, 5.74) is 4.81. The summed E-state index contributed by atoms with van der Waals surface area (Å²) in [6, 6.07) is 15.9. The molecule has 1 aromatic heterocycles. The SMILES string of the molecule is Cc1ccc2[nH]c(-c3ccccc3)c(C)c(=O)c2c1. The summed E-state index contributed by atoms with van der Waals surface area (Å²) < 4.78 is 0. The van der Waals surface area contributed by atoms with E-state index in [1.807, 2.05) is 62.4 Å². The van der Waals surface area contributed by atoms with Crippen LogP contribution < -0.4 is 5.43 Å². The molecule has 0 aliphatic carbocycles. The fourth-order valence-electron chi connectivity index (χ4n) is 2.39. The molecule has 0 aliphatic rings. The Kier molecular flexibility index (Phi) is 2.71. The van der Waals surface area contributed by atoms with Crippen LogP contribution in [0, 0.1) is 13.8 Å². The third-order valence-corrected chi connectivity index (χ3v) is 3.46. The van der Waals surface area contributed by atoms with E-state index in [0.717, 1.165) is 33.3 Å². The molecule has 1 N–H and O–H groups in total. The van der Waals surface area contributed by atoms with E-state index in [-0.39, 0.29) is 5.43 Å². The topological polar surface area (TPSA) is 32.9 Å². The summed E-state index contributed by atoms with van der Waals surface area (Å²) in [5, 5.41) is 0.761. The number of aryl methyl sites for hydroxylation is 1. The minimum Gasteiger partial charge on any atom is -0.354 e. The number of hydrogen-bond acceptors (Lipinski definition) is 1. The van der Waals surface area contributed by atoms with Gasteiger partial charge in [-0.1, -0.05) is 42.0 Å². The largest absolute Gasteiger partial charge is 0.354 e. The summed E-state index contributed by atoms with van der Waals surface area (Å²) in [6.45, 7) is 3.88. The molecule has 0 amide bonds. The first-order valence-corrected chi connectivity index (χ1v) is 6.35. The van der Waals surface area contributed by atoms with Gasteiger partial charge in [0.15, 0.2) is 5.43 Å². The highest BCUT2D eigenvalue weighted by Gasteiger charge is 2.09. The van der Waals surface area contributed by atoms with Crippen LogP contribution in [0.25, 0.3) is 22.2 Å². The first-order valence-electron chi connectivity index (χ1n) is 6.35. The number of hydrogen-bond donors (Lipinski definition) is 1. The van der Waals surface area contributed by atoms with Gasteiger partial charge in [-0.3, -0.25) is 4.79 Å². The van der Waals surface area contributed by atoms with E-state index in [2.05, 4.69) is 4.98 Å². The standard InChI is InChI=1S/C17H15NO/c1-11-8-9-15-14(10-11)17(19)12(2)16(18-15)13-6-4-3-5-7-13/h3-10H,1-2H3,(H,18,19). The minimum absolute atomic E-state index is 0.108. The van der Waals surface area contributed by atoms with Crippen molar-refractivity contribution in [3.63, 3.8) is 0 Å². The van der Waals surface area contributed by atoms with Gasteiger partial charge in [-0.05, 0) is 31.5 Å². The van der Waals surface area contributed by atoms with Crippen LogP contribution in [0.4, 0.5) is 0 Å². The Labute approximate surface area is 111 Å². The Balaban J connectivity index is 2.37. The molecule has 0 spiro atoms. The number of rotatable bonds is 1. The number of aromatic amines is 1. The van der Waals surface area contributed by atoms with E-state index >= 15 is 0 Å². The molecular formula is C17H15NO. The van der Waals surface area contributed by atoms with Gasteiger partial charge in [-0.2, -0.15) is 0 Å². The summed E-state index contributed by atoms with van der Waals surface area (Å²) in [5.74, 6) is 0. The van der Waals surface area contributed by atoms with Gasteiger partial charge in [0.1, 0.15) is 0 Å². The zero-order valence-corrected chi connectivity index (χ0v) is 11.0. The van der Waals surface area contributed by atoms with Crippen molar-refractivity contribution in [3.05, 3.63) is 69.9 Å². The van der Waals surface area contributed by atoms with Crippen LogP contribution in [0.2, 0.25) is 0 Å². The maximum Gasteiger partial charge on any atom is 0.192 e. The number of pyridine rings is 1. The van der Waals surface area contributed by atoms with Crippen LogP contribution in [0.1, 0.15) is 11.1 Å². The Bertz CT molecular complexity index is 801. The average molecular weight is 249 g/mol. The maximum atomic E-state index is 12.5. The van der Waals surface area contributed by atoms with Crippen molar-refractivity contribution < 1.29 is 0 Å². The zero-order chi connectivity index (χ0) is 13.4. The summed E-state index contributed by atoms with van der Waals surface area (Å²) in [7, 11) is 0. The van der Waals surface area contributed by atoms with Gasteiger partial charge in [0.2, 0.25) is 0 Å². The van der Waals surface area contributed by atoms with Crippen molar-refractivity contribution in [3.8, 4) is 11.3 Å². The van der Waals surface area contributed by atoms with E-state index < -0.39 is 0 Å². The first kappa shape index (κ1) is 11.7. The quantitative estimate of drug-likeness (QED) is 0.699. The lowest BCUT2D eigenvalue weighted by atomic mass is 10.0. The first-order chi connectivity index (χ1) is 9.16. The van der Waals surface area contributed by atoms with Gasteiger partial charge >= 0.3 is 0 Å². The monoisotopic (exact) mass is 249 g/mol. The molecule has 0 atom stereocenters. The minimum atomic E-state index is 0.108. The fraction of sp³-hybridized carbons (Fsp3) is 0.118. The van der Waals surface area contributed by atoms with E-state index in [1.165, 1.54) is 0 Å². The number of fused-ring (bicyclic) bond motifs is 1. The number of benzene rings is 2. The molecule has 0 saturated carbocycles. The number of nitrogens with one attached hydrogen (secondary N) is 1. The van der Waals surface area contributed by atoms with E-state index in [1.54, 1.807) is 0 Å². The average Bonchev–Trinajstić information content (AvgIpc) is 2.44. The van der Waals surface area contributed by atoms with Gasteiger partial charge in [0, 0.05) is 16.5 Å². The van der Waals surface area contributed by atoms with Crippen LogP contribution in [-0.4, -0.2) is 4.98 Å². The summed E-state index contributed by atoms with van der Waals surface area (Å²) in [4.78, 5) is 15.8. The Hall–Kier alpha value is -2.35. The smallest absolute Gasteiger partial charge is 0.192 e. The van der Waals surface area contributed by atoms with Crippen LogP contribution in [0.15, 0.2) is 53.3 Å². The Morgan fingerprint density at radius 2 is 1.68 bits per heavy atom. The van der Waals surface area contributed by atoms with Gasteiger partial charge in [0.05, 0.1) is 5.69 Å². The molecule has 19 heavy (non-hydrogen) atoms. The fourth-order valence-corrected chi connectivity index (χ4v) is 2.39. The third-order valence-electron chi connectivity index (χ3n) is 3.46. The van der Waals surface area contributed by atoms with Crippen molar-refractivity contribution in [1.82, 2.24) is 4.98 Å².